The number of hydrogen-bond donors (Lipinski definition) is 0. The topological polar surface area (TPSA) is 49.9 Å². The van der Waals surface area contributed by atoms with Gasteiger partial charge in [0, 0.05) is 25.8 Å². The maximum atomic E-state index is 13.0. The first-order chi connectivity index (χ1) is 13.4. The Hall–Kier alpha value is -2.82. The molecule has 1 saturated heterocycles. The van der Waals surface area contributed by atoms with Crippen LogP contribution in [-0.2, 0) is 9.59 Å². The molecule has 1 heterocycles. The molecule has 148 valence electrons. The highest BCUT2D eigenvalue weighted by molar-refractivity contribution is 5.95. The highest BCUT2D eigenvalue weighted by Gasteiger charge is 2.30. The summed E-state index contributed by atoms with van der Waals surface area (Å²) in [7, 11) is 1.82. The molecule has 1 fully saturated rings. The van der Waals surface area contributed by atoms with Crippen molar-refractivity contribution in [1.29, 1.82) is 0 Å². The SMILES string of the molecule is Cc1cc(C)cc(N(C)C(=O)C2CCCN(C(=O)COc3ccccc3)C2)c1. The monoisotopic (exact) mass is 380 g/mol. The first kappa shape index (κ1) is 19.9. The smallest absolute Gasteiger partial charge is 0.260 e. The highest BCUT2D eigenvalue weighted by Crippen LogP contribution is 2.24. The van der Waals surface area contributed by atoms with Crippen LogP contribution in [0.4, 0.5) is 5.69 Å². The Morgan fingerprint density at radius 2 is 1.79 bits per heavy atom. The number of hydrogen-bond acceptors (Lipinski definition) is 3. The summed E-state index contributed by atoms with van der Waals surface area (Å²) in [5, 5.41) is 0. The molecule has 1 aliphatic heterocycles. The fourth-order valence-corrected chi connectivity index (χ4v) is 3.70. The Morgan fingerprint density at radius 3 is 2.46 bits per heavy atom. The second-order valence-corrected chi connectivity index (χ2v) is 7.52. The number of amides is 2. The van der Waals surface area contributed by atoms with E-state index in [9.17, 15) is 9.59 Å². The van der Waals surface area contributed by atoms with Gasteiger partial charge in [-0.25, -0.2) is 0 Å². The molecule has 0 saturated carbocycles. The van der Waals surface area contributed by atoms with Crippen LogP contribution in [0.5, 0.6) is 5.75 Å². The molecule has 28 heavy (non-hydrogen) atoms. The largest absolute Gasteiger partial charge is 0.484 e. The summed E-state index contributed by atoms with van der Waals surface area (Å²) in [6.07, 6.45) is 1.63. The lowest BCUT2D eigenvalue weighted by molar-refractivity contribution is -0.136. The number of piperidine rings is 1. The lowest BCUT2D eigenvalue weighted by Crippen LogP contribution is -2.47. The molecule has 0 spiro atoms. The number of carbonyl (C=O) groups excluding carboxylic acids is 2. The van der Waals surface area contributed by atoms with Gasteiger partial charge in [0.15, 0.2) is 6.61 Å². The number of likely N-dealkylation sites (tertiary alicyclic amines) is 1. The highest BCUT2D eigenvalue weighted by atomic mass is 16.5. The van der Waals surface area contributed by atoms with Crippen molar-refractivity contribution in [2.24, 2.45) is 5.92 Å². The van der Waals surface area contributed by atoms with Gasteiger partial charge in [0.2, 0.25) is 5.91 Å². The van der Waals surface area contributed by atoms with Crippen molar-refractivity contribution < 1.29 is 14.3 Å². The summed E-state index contributed by atoms with van der Waals surface area (Å²) in [6.45, 7) is 5.18. The molecule has 0 radical (unpaired) electrons. The van der Waals surface area contributed by atoms with E-state index in [0.717, 1.165) is 29.7 Å². The minimum absolute atomic E-state index is 0.00215. The van der Waals surface area contributed by atoms with E-state index in [1.807, 2.05) is 63.4 Å². The quantitative estimate of drug-likeness (QED) is 0.797. The maximum absolute atomic E-state index is 13.0. The third-order valence-corrected chi connectivity index (χ3v) is 5.15. The molecule has 0 aromatic heterocycles. The second kappa shape index (κ2) is 8.91. The van der Waals surface area contributed by atoms with Crippen molar-refractivity contribution in [3.63, 3.8) is 0 Å². The van der Waals surface area contributed by atoms with Gasteiger partial charge in [-0.2, -0.15) is 0 Å². The van der Waals surface area contributed by atoms with Gasteiger partial charge in [-0.3, -0.25) is 9.59 Å². The summed E-state index contributed by atoms with van der Waals surface area (Å²) in [5.41, 5.74) is 3.17. The number of ether oxygens (including phenoxy) is 1. The van der Waals surface area contributed by atoms with Crippen molar-refractivity contribution in [3.05, 3.63) is 59.7 Å². The van der Waals surface area contributed by atoms with Crippen LogP contribution < -0.4 is 9.64 Å². The Labute approximate surface area is 166 Å². The first-order valence-electron chi connectivity index (χ1n) is 9.75. The van der Waals surface area contributed by atoms with Gasteiger partial charge in [-0.15, -0.1) is 0 Å². The van der Waals surface area contributed by atoms with E-state index >= 15 is 0 Å². The number of carbonyl (C=O) groups is 2. The molecule has 2 aromatic rings. The molecule has 1 unspecified atom stereocenters. The van der Waals surface area contributed by atoms with Crippen molar-refractivity contribution in [3.8, 4) is 5.75 Å². The molecular weight excluding hydrogens is 352 g/mol. The number of para-hydroxylation sites is 1. The molecule has 0 N–H and O–H groups in total. The molecule has 0 aliphatic carbocycles. The average Bonchev–Trinajstić information content (AvgIpc) is 2.71. The number of benzene rings is 2. The van der Waals surface area contributed by atoms with Gasteiger partial charge < -0.3 is 14.5 Å². The summed E-state index contributed by atoms with van der Waals surface area (Å²) in [6, 6.07) is 15.4. The minimum atomic E-state index is -0.180. The van der Waals surface area contributed by atoms with Crippen LogP contribution in [0.25, 0.3) is 0 Å². The zero-order chi connectivity index (χ0) is 20.1. The van der Waals surface area contributed by atoms with Crippen LogP contribution >= 0.6 is 0 Å². The summed E-state index contributed by atoms with van der Waals surface area (Å²) >= 11 is 0. The van der Waals surface area contributed by atoms with Gasteiger partial charge in [-0.05, 0) is 62.1 Å². The number of rotatable bonds is 5. The Bertz CT molecular complexity index is 815. The molecule has 1 atom stereocenters. The average molecular weight is 380 g/mol. The van der Waals surface area contributed by atoms with Gasteiger partial charge in [0.1, 0.15) is 5.75 Å². The normalized spacial score (nSPS) is 16.5. The van der Waals surface area contributed by atoms with E-state index in [2.05, 4.69) is 6.07 Å². The lowest BCUT2D eigenvalue weighted by atomic mass is 9.96. The third kappa shape index (κ3) is 4.91. The molecule has 5 nitrogen and oxygen atoms in total. The number of aryl methyl sites for hydroxylation is 2. The van der Waals surface area contributed by atoms with Crippen LogP contribution in [0.3, 0.4) is 0 Å². The van der Waals surface area contributed by atoms with Gasteiger partial charge in [-0.1, -0.05) is 24.3 Å². The molecule has 1 aliphatic rings. The van der Waals surface area contributed by atoms with Crippen molar-refractivity contribution in [1.82, 2.24) is 4.90 Å². The number of nitrogens with zero attached hydrogens (tertiary/aromatic N) is 2. The second-order valence-electron chi connectivity index (χ2n) is 7.52. The van der Waals surface area contributed by atoms with Crippen LogP contribution in [0.15, 0.2) is 48.5 Å². The Kier molecular flexibility index (Phi) is 6.34. The summed E-state index contributed by atoms with van der Waals surface area (Å²) in [5.74, 6) is 0.483. The van der Waals surface area contributed by atoms with E-state index < -0.39 is 0 Å². The molecule has 2 amide bonds. The van der Waals surface area contributed by atoms with Crippen molar-refractivity contribution in [2.75, 3.05) is 31.6 Å². The predicted octanol–water partition coefficient (Wildman–Crippen LogP) is 3.58. The standard InChI is InChI=1S/C23H28N2O3/c1-17-12-18(2)14-20(13-17)24(3)23(27)19-8-7-11-25(15-19)22(26)16-28-21-9-5-4-6-10-21/h4-6,9-10,12-14,19H,7-8,11,15-16H2,1-3H3. The minimum Gasteiger partial charge on any atom is -0.484 e. The Balaban J connectivity index is 1.60. The van der Waals surface area contributed by atoms with E-state index in [4.69, 9.17) is 4.74 Å². The van der Waals surface area contributed by atoms with E-state index in [1.54, 1.807) is 9.80 Å². The molecule has 0 bridgehead atoms. The predicted molar refractivity (Wildman–Crippen MR) is 111 cm³/mol. The first-order valence-corrected chi connectivity index (χ1v) is 9.75. The van der Waals surface area contributed by atoms with Crippen LogP contribution in [0.2, 0.25) is 0 Å². The molecular formula is C23H28N2O3. The van der Waals surface area contributed by atoms with E-state index in [0.29, 0.717) is 18.8 Å². The van der Waals surface area contributed by atoms with Crippen LogP contribution in [0.1, 0.15) is 24.0 Å². The van der Waals surface area contributed by atoms with Gasteiger partial charge in [0.25, 0.3) is 5.91 Å². The van der Waals surface area contributed by atoms with E-state index in [-0.39, 0.29) is 24.3 Å². The lowest BCUT2D eigenvalue weighted by Gasteiger charge is -2.34. The van der Waals surface area contributed by atoms with E-state index in [1.165, 1.54) is 0 Å². The van der Waals surface area contributed by atoms with Crippen molar-refractivity contribution >= 4 is 17.5 Å². The summed E-state index contributed by atoms with van der Waals surface area (Å²) < 4.78 is 5.57. The van der Waals surface area contributed by atoms with Crippen LogP contribution in [-0.4, -0.2) is 43.5 Å². The van der Waals surface area contributed by atoms with Crippen molar-refractivity contribution in [2.45, 2.75) is 26.7 Å². The maximum Gasteiger partial charge on any atom is 0.260 e. The molecule has 5 heteroatoms. The number of anilines is 1. The molecule has 3 rings (SSSR count). The zero-order valence-corrected chi connectivity index (χ0v) is 16.9. The summed E-state index contributed by atoms with van der Waals surface area (Å²) in [4.78, 5) is 29.0. The molecule has 2 aromatic carbocycles. The van der Waals surface area contributed by atoms with Gasteiger partial charge in [0.05, 0.1) is 5.92 Å². The Morgan fingerprint density at radius 1 is 1.11 bits per heavy atom. The van der Waals surface area contributed by atoms with Crippen LogP contribution in [0, 0.1) is 19.8 Å². The zero-order valence-electron chi connectivity index (χ0n) is 16.9. The van der Waals surface area contributed by atoms with Gasteiger partial charge >= 0.3 is 0 Å². The fourth-order valence-electron chi connectivity index (χ4n) is 3.70. The fraction of sp³-hybridized carbons (Fsp3) is 0.391. The third-order valence-electron chi connectivity index (χ3n) is 5.15.